The number of hydrogen-bond acceptors (Lipinski definition) is 2. The molecule has 0 fully saturated rings. The Morgan fingerprint density at radius 2 is 0.759 bits per heavy atom. The summed E-state index contributed by atoms with van der Waals surface area (Å²) in [5.74, 6) is 0. The van der Waals surface area contributed by atoms with Crippen LogP contribution in [0.3, 0.4) is 0 Å². The molecule has 0 bridgehead atoms. The Morgan fingerprint density at radius 3 is 1.38 bits per heavy atom. The first kappa shape index (κ1) is 33.6. The predicted octanol–water partition coefficient (Wildman–Crippen LogP) is 16.0. The Balaban J connectivity index is 1.10. The molecule has 0 saturated carbocycles. The topological polar surface area (TPSA) is 16.4 Å². The van der Waals surface area contributed by atoms with Gasteiger partial charge in [-0.1, -0.05) is 176 Å². The zero-order chi connectivity index (χ0) is 38.4. The second kappa shape index (κ2) is 14.1. The van der Waals surface area contributed by atoms with Crippen molar-refractivity contribution in [2.24, 2.45) is 0 Å². The molecule has 0 aliphatic rings. The Morgan fingerprint density at radius 1 is 0.293 bits per heavy atom. The van der Waals surface area contributed by atoms with Crippen LogP contribution in [0.5, 0.6) is 0 Å². The van der Waals surface area contributed by atoms with Crippen molar-refractivity contribution in [3.8, 4) is 44.5 Å². The van der Waals surface area contributed by atoms with E-state index in [2.05, 4.69) is 223 Å². The number of hydrogen-bond donors (Lipinski definition) is 0. The van der Waals surface area contributed by atoms with E-state index in [0.717, 1.165) is 50.1 Å². The smallest absolute Gasteiger partial charge is 0.136 e. The van der Waals surface area contributed by atoms with Crippen molar-refractivity contribution in [1.29, 1.82) is 0 Å². The molecule has 0 atom stereocenters. The molecule has 0 saturated heterocycles. The Bertz CT molecular complexity index is 3240. The van der Waals surface area contributed by atoms with Gasteiger partial charge in [-0.3, -0.25) is 0 Å². The normalized spacial score (nSPS) is 11.4. The van der Waals surface area contributed by atoms with Gasteiger partial charge in [0.05, 0.1) is 5.69 Å². The Labute approximate surface area is 337 Å². The number of furan rings is 1. The number of fused-ring (bicyclic) bond motifs is 6. The highest BCUT2D eigenvalue weighted by molar-refractivity contribution is 6.17. The SMILES string of the molecule is c1ccc(-c2ccc(-c3ccc(N(c4ccc(-c5ccccc5)cc4)c4ccc5oc6ccccc6c5c4-c4ccc5c(ccc6ccccc65)c4)cc3)cc2)cc1. The van der Waals surface area contributed by atoms with Gasteiger partial charge < -0.3 is 9.32 Å². The van der Waals surface area contributed by atoms with Gasteiger partial charge in [0, 0.05) is 27.7 Å². The predicted molar refractivity (Wildman–Crippen MR) is 245 cm³/mol. The molecule has 2 nitrogen and oxygen atoms in total. The number of rotatable bonds is 7. The van der Waals surface area contributed by atoms with E-state index in [4.69, 9.17) is 4.42 Å². The van der Waals surface area contributed by atoms with Crippen molar-refractivity contribution < 1.29 is 4.42 Å². The largest absolute Gasteiger partial charge is 0.456 e. The number of anilines is 3. The molecule has 0 unspecified atom stereocenters. The summed E-state index contributed by atoms with van der Waals surface area (Å²) in [7, 11) is 0. The van der Waals surface area contributed by atoms with Crippen LogP contribution in [0.2, 0.25) is 0 Å². The molecule has 0 spiro atoms. The Kier molecular flexibility index (Phi) is 8.19. The monoisotopic (exact) mass is 739 g/mol. The summed E-state index contributed by atoms with van der Waals surface area (Å²) in [6.07, 6.45) is 0. The zero-order valence-electron chi connectivity index (χ0n) is 31.7. The van der Waals surface area contributed by atoms with Crippen molar-refractivity contribution in [3.63, 3.8) is 0 Å². The van der Waals surface area contributed by atoms with E-state index >= 15 is 0 Å². The van der Waals surface area contributed by atoms with E-state index < -0.39 is 0 Å². The lowest BCUT2D eigenvalue weighted by Gasteiger charge is -2.29. The molecular weight excluding hydrogens is 703 g/mol. The van der Waals surface area contributed by atoms with Gasteiger partial charge >= 0.3 is 0 Å². The second-order valence-electron chi connectivity index (χ2n) is 14.9. The third-order valence-corrected chi connectivity index (χ3v) is 11.5. The van der Waals surface area contributed by atoms with Crippen LogP contribution < -0.4 is 4.90 Å². The van der Waals surface area contributed by atoms with Crippen LogP contribution in [0.25, 0.3) is 88.0 Å². The van der Waals surface area contributed by atoms with Crippen LogP contribution in [0.1, 0.15) is 0 Å². The molecule has 1 heterocycles. The first-order chi connectivity index (χ1) is 28.7. The maximum Gasteiger partial charge on any atom is 0.136 e. The van der Waals surface area contributed by atoms with Crippen LogP contribution in [0.15, 0.2) is 229 Å². The maximum atomic E-state index is 6.55. The molecule has 0 radical (unpaired) electrons. The first-order valence-electron chi connectivity index (χ1n) is 19.8. The van der Waals surface area contributed by atoms with Gasteiger partial charge in [-0.05, 0) is 109 Å². The van der Waals surface area contributed by atoms with E-state index in [1.54, 1.807) is 0 Å². The van der Waals surface area contributed by atoms with Gasteiger partial charge in [-0.25, -0.2) is 0 Å². The van der Waals surface area contributed by atoms with E-state index in [0.29, 0.717) is 0 Å². The van der Waals surface area contributed by atoms with E-state index in [9.17, 15) is 0 Å². The summed E-state index contributed by atoms with van der Waals surface area (Å²) in [5, 5.41) is 7.15. The fourth-order valence-electron chi connectivity index (χ4n) is 8.60. The lowest BCUT2D eigenvalue weighted by atomic mass is 9.93. The van der Waals surface area contributed by atoms with E-state index in [-0.39, 0.29) is 0 Å². The minimum Gasteiger partial charge on any atom is -0.456 e. The third-order valence-electron chi connectivity index (χ3n) is 11.5. The van der Waals surface area contributed by atoms with Gasteiger partial charge in [0.15, 0.2) is 0 Å². The molecule has 0 aliphatic carbocycles. The van der Waals surface area contributed by atoms with Crippen molar-refractivity contribution in [2.75, 3.05) is 4.90 Å². The maximum absolute atomic E-state index is 6.55. The molecule has 1 aromatic heterocycles. The third kappa shape index (κ3) is 5.91. The van der Waals surface area contributed by atoms with E-state index in [1.807, 2.05) is 6.07 Å². The lowest BCUT2D eigenvalue weighted by Crippen LogP contribution is -2.11. The Hall–Kier alpha value is -7.68. The molecule has 11 rings (SSSR count). The van der Waals surface area contributed by atoms with Crippen molar-refractivity contribution >= 4 is 60.5 Å². The van der Waals surface area contributed by atoms with Gasteiger partial charge in [-0.15, -0.1) is 0 Å². The van der Waals surface area contributed by atoms with Crippen LogP contribution in [-0.4, -0.2) is 0 Å². The summed E-state index contributed by atoms with van der Waals surface area (Å²) in [6.45, 7) is 0. The minimum absolute atomic E-state index is 0.868. The van der Waals surface area contributed by atoms with Gasteiger partial charge in [0.25, 0.3) is 0 Å². The highest BCUT2D eigenvalue weighted by Crippen LogP contribution is 2.48. The van der Waals surface area contributed by atoms with Gasteiger partial charge in [0.2, 0.25) is 0 Å². The number of para-hydroxylation sites is 1. The molecule has 10 aromatic carbocycles. The summed E-state index contributed by atoms with van der Waals surface area (Å²) in [6, 6.07) is 80.7. The van der Waals surface area contributed by atoms with Crippen LogP contribution in [0.4, 0.5) is 17.1 Å². The molecule has 272 valence electrons. The molecule has 58 heavy (non-hydrogen) atoms. The van der Waals surface area contributed by atoms with Crippen molar-refractivity contribution in [3.05, 3.63) is 224 Å². The standard InChI is InChI=1S/C56H37NO/c1-3-11-38(12-4-1)40-19-21-41(22-20-40)43-27-32-48(33-28-43)57(47-30-25-42(26-31-47)39-13-5-2-6-14-39)52-35-36-54-56(51-17-9-10-18-53(51)58-54)55(52)46-29-34-50-45(37-46)24-23-44-15-7-8-16-49(44)50/h1-37H. The minimum atomic E-state index is 0.868. The van der Waals surface area contributed by atoms with Crippen LogP contribution in [0, 0.1) is 0 Å². The summed E-state index contributed by atoms with van der Waals surface area (Å²) in [4.78, 5) is 2.40. The van der Waals surface area contributed by atoms with Gasteiger partial charge in [-0.2, -0.15) is 0 Å². The number of benzene rings is 10. The summed E-state index contributed by atoms with van der Waals surface area (Å²) >= 11 is 0. The van der Waals surface area contributed by atoms with Crippen LogP contribution in [-0.2, 0) is 0 Å². The van der Waals surface area contributed by atoms with E-state index in [1.165, 1.54) is 54.9 Å². The first-order valence-corrected chi connectivity index (χ1v) is 19.8. The number of nitrogens with zero attached hydrogens (tertiary/aromatic N) is 1. The fraction of sp³-hybridized carbons (Fsp3) is 0. The highest BCUT2D eigenvalue weighted by atomic mass is 16.3. The molecule has 0 N–H and O–H groups in total. The fourth-order valence-corrected chi connectivity index (χ4v) is 8.60. The molecule has 0 aliphatic heterocycles. The summed E-state index contributed by atoms with van der Waals surface area (Å²) in [5.41, 5.74) is 14.4. The zero-order valence-corrected chi connectivity index (χ0v) is 31.7. The quantitative estimate of drug-likeness (QED) is 0.151. The average Bonchev–Trinajstić information content (AvgIpc) is 3.69. The van der Waals surface area contributed by atoms with Crippen LogP contribution >= 0.6 is 0 Å². The highest BCUT2D eigenvalue weighted by Gasteiger charge is 2.23. The average molecular weight is 740 g/mol. The lowest BCUT2D eigenvalue weighted by molar-refractivity contribution is 0.669. The van der Waals surface area contributed by atoms with Crippen molar-refractivity contribution in [2.45, 2.75) is 0 Å². The molecular formula is C56H37NO. The van der Waals surface area contributed by atoms with Crippen molar-refractivity contribution in [1.82, 2.24) is 0 Å². The molecule has 0 amide bonds. The molecule has 11 aromatic rings. The summed E-state index contributed by atoms with van der Waals surface area (Å²) < 4.78 is 6.55. The second-order valence-corrected chi connectivity index (χ2v) is 14.9. The van der Waals surface area contributed by atoms with Gasteiger partial charge in [0.1, 0.15) is 11.2 Å². The molecule has 2 heteroatoms.